The number of benzene rings is 1. The Bertz CT molecular complexity index is 1010. The molecular formula is C20H21N3O5. The van der Waals surface area contributed by atoms with Crippen LogP contribution in [0.3, 0.4) is 0 Å². The van der Waals surface area contributed by atoms with Crippen LogP contribution >= 0.6 is 0 Å². The Morgan fingerprint density at radius 1 is 1.14 bits per heavy atom. The summed E-state index contributed by atoms with van der Waals surface area (Å²) in [4.78, 5) is 27.9. The SMILES string of the molecule is CC(C)(C)OC(=O)Nc1c(C(=O)O)nc2c(OCc3ccccc3)cccn12. The predicted molar refractivity (Wildman–Crippen MR) is 103 cm³/mol. The number of nitrogens with zero attached hydrogens (tertiary/aromatic N) is 2. The summed E-state index contributed by atoms with van der Waals surface area (Å²) in [6.45, 7) is 5.45. The van der Waals surface area contributed by atoms with Gasteiger partial charge in [0.25, 0.3) is 0 Å². The van der Waals surface area contributed by atoms with E-state index in [9.17, 15) is 14.7 Å². The fourth-order valence-corrected chi connectivity index (χ4v) is 2.56. The number of fused-ring (bicyclic) bond motifs is 1. The van der Waals surface area contributed by atoms with Crippen molar-refractivity contribution in [2.24, 2.45) is 0 Å². The van der Waals surface area contributed by atoms with Crippen molar-refractivity contribution in [2.45, 2.75) is 33.0 Å². The quantitative estimate of drug-likeness (QED) is 0.691. The molecule has 146 valence electrons. The van der Waals surface area contributed by atoms with Gasteiger partial charge in [-0.15, -0.1) is 0 Å². The molecule has 28 heavy (non-hydrogen) atoms. The first-order chi connectivity index (χ1) is 13.2. The number of nitrogens with one attached hydrogen (secondary N) is 1. The number of carboxylic acids is 1. The molecule has 0 aliphatic heterocycles. The van der Waals surface area contributed by atoms with Crippen molar-refractivity contribution in [3.63, 3.8) is 0 Å². The molecule has 8 nitrogen and oxygen atoms in total. The largest absolute Gasteiger partial charge is 0.485 e. The lowest BCUT2D eigenvalue weighted by Crippen LogP contribution is -2.28. The summed E-state index contributed by atoms with van der Waals surface area (Å²) in [6.07, 6.45) is 0.823. The molecule has 0 spiro atoms. The minimum atomic E-state index is -1.27. The second-order valence-corrected chi connectivity index (χ2v) is 7.08. The van der Waals surface area contributed by atoms with E-state index < -0.39 is 17.7 Å². The average molecular weight is 383 g/mol. The molecule has 2 aromatic heterocycles. The van der Waals surface area contributed by atoms with E-state index >= 15 is 0 Å². The number of anilines is 1. The fourth-order valence-electron chi connectivity index (χ4n) is 2.56. The second kappa shape index (κ2) is 7.59. The molecule has 0 atom stereocenters. The van der Waals surface area contributed by atoms with Gasteiger partial charge >= 0.3 is 12.1 Å². The van der Waals surface area contributed by atoms with Gasteiger partial charge in [0, 0.05) is 6.20 Å². The molecular weight excluding hydrogens is 362 g/mol. The Hall–Kier alpha value is -3.55. The Kier molecular flexibility index (Phi) is 5.21. The van der Waals surface area contributed by atoms with Gasteiger partial charge in [-0.3, -0.25) is 9.72 Å². The fraction of sp³-hybridized carbons (Fsp3) is 0.250. The normalized spacial score (nSPS) is 11.2. The van der Waals surface area contributed by atoms with Crippen molar-refractivity contribution in [3.8, 4) is 5.75 Å². The minimum Gasteiger partial charge on any atom is -0.485 e. The van der Waals surface area contributed by atoms with Crippen LogP contribution < -0.4 is 10.1 Å². The lowest BCUT2D eigenvalue weighted by atomic mass is 10.2. The highest BCUT2D eigenvalue weighted by Gasteiger charge is 2.24. The number of amides is 1. The number of carbonyl (C=O) groups is 2. The molecule has 8 heteroatoms. The summed E-state index contributed by atoms with van der Waals surface area (Å²) in [5.41, 5.74) is 0.211. The summed E-state index contributed by atoms with van der Waals surface area (Å²) in [5, 5.41) is 12.0. The Labute approximate surface area is 161 Å². The van der Waals surface area contributed by atoms with Crippen LogP contribution in [0.15, 0.2) is 48.7 Å². The number of aromatic carboxylic acids is 1. The van der Waals surface area contributed by atoms with E-state index in [1.807, 2.05) is 30.3 Å². The molecule has 1 aromatic carbocycles. The third kappa shape index (κ3) is 4.40. The highest BCUT2D eigenvalue weighted by atomic mass is 16.6. The van der Waals surface area contributed by atoms with Crippen LogP contribution in [0.25, 0.3) is 5.65 Å². The Balaban J connectivity index is 1.94. The van der Waals surface area contributed by atoms with Gasteiger partial charge in [-0.25, -0.2) is 14.6 Å². The van der Waals surface area contributed by atoms with E-state index in [1.165, 1.54) is 4.40 Å². The van der Waals surface area contributed by atoms with Crippen LogP contribution in [0.2, 0.25) is 0 Å². The molecule has 0 unspecified atom stereocenters. The van der Waals surface area contributed by atoms with Gasteiger partial charge in [0.2, 0.25) is 0 Å². The summed E-state index contributed by atoms with van der Waals surface area (Å²) in [6, 6.07) is 12.9. The highest BCUT2D eigenvalue weighted by molar-refractivity contribution is 5.97. The third-order valence-electron chi connectivity index (χ3n) is 3.67. The van der Waals surface area contributed by atoms with Crippen molar-refractivity contribution in [3.05, 3.63) is 59.9 Å². The van der Waals surface area contributed by atoms with Gasteiger partial charge in [0.15, 0.2) is 22.9 Å². The zero-order valence-corrected chi connectivity index (χ0v) is 15.8. The summed E-state index contributed by atoms with van der Waals surface area (Å²) >= 11 is 0. The first-order valence-corrected chi connectivity index (χ1v) is 8.66. The maximum Gasteiger partial charge on any atom is 0.413 e. The molecule has 0 fully saturated rings. The number of aromatic nitrogens is 2. The second-order valence-electron chi connectivity index (χ2n) is 7.08. The van der Waals surface area contributed by atoms with Crippen LogP contribution in [0.5, 0.6) is 5.75 Å². The van der Waals surface area contributed by atoms with Crippen molar-refractivity contribution < 1.29 is 24.2 Å². The first-order valence-electron chi connectivity index (χ1n) is 8.66. The van der Waals surface area contributed by atoms with Crippen molar-refractivity contribution >= 4 is 23.5 Å². The smallest absolute Gasteiger partial charge is 0.413 e. The molecule has 1 amide bonds. The molecule has 3 rings (SSSR count). The van der Waals surface area contributed by atoms with Gasteiger partial charge in [0.05, 0.1) is 0 Å². The molecule has 2 heterocycles. The van der Waals surface area contributed by atoms with Crippen LogP contribution in [0.1, 0.15) is 36.8 Å². The predicted octanol–water partition coefficient (Wildman–Crippen LogP) is 3.96. The van der Waals surface area contributed by atoms with E-state index in [-0.39, 0.29) is 17.2 Å². The summed E-state index contributed by atoms with van der Waals surface area (Å²) in [7, 11) is 0. The molecule has 0 saturated carbocycles. The lowest BCUT2D eigenvalue weighted by molar-refractivity contribution is 0.0635. The van der Waals surface area contributed by atoms with Gasteiger partial charge in [-0.05, 0) is 38.5 Å². The lowest BCUT2D eigenvalue weighted by Gasteiger charge is -2.19. The first kappa shape index (κ1) is 19.2. The molecule has 0 bridgehead atoms. The Morgan fingerprint density at radius 2 is 1.86 bits per heavy atom. The summed E-state index contributed by atoms with van der Waals surface area (Å²) in [5.74, 6) is -0.878. The van der Waals surface area contributed by atoms with E-state index in [1.54, 1.807) is 39.1 Å². The average Bonchev–Trinajstić information content (AvgIpc) is 2.98. The maximum absolute atomic E-state index is 12.1. The molecule has 0 saturated heterocycles. The van der Waals surface area contributed by atoms with Crippen molar-refractivity contribution in [1.82, 2.24) is 9.38 Å². The van der Waals surface area contributed by atoms with E-state index in [4.69, 9.17) is 9.47 Å². The number of pyridine rings is 1. The molecule has 3 aromatic rings. The molecule has 0 radical (unpaired) electrons. The summed E-state index contributed by atoms with van der Waals surface area (Å²) < 4.78 is 12.5. The van der Waals surface area contributed by atoms with Crippen LogP contribution in [-0.4, -0.2) is 32.2 Å². The topological polar surface area (TPSA) is 102 Å². The van der Waals surface area contributed by atoms with Gasteiger partial charge < -0.3 is 14.6 Å². The number of hydrogen-bond donors (Lipinski definition) is 2. The molecule has 2 N–H and O–H groups in total. The van der Waals surface area contributed by atoms with Crippen LogP contribution in [-0.2, 0) is 11.3 Å². The van der Waals surface area contributed by atoms with E-state index in [0.29, 0.717) is 12.4 Å². The minimum absolute atomic E-state index is 0.00177. The monoisotopic (exact) mass is 383 g/mol. The van der Waals surface area contributed by atoms with Gasteiger partial charge in [-0.2, -0.15) is 0 Å². The molecule has 0 aliphatic rings. The zero-order chi connectivity index (χ0) is 20.3. The third-order valence-corrected chi connectivity index (χ3v) is 3.67. The number of carbonyl (C=O) groups excluding carboxylic acids is 1. The number of imidazole rings is 1. The Morgan fingerprint density at radius 3 is 2.50 bits per heavy atom. The number of hydrogen-bond acceptors (Lipinski definition) is 5. The number of ether oxygens (including phenoxy) is 2. The maximum atomic E-state index is 12.1. The van der Waals surface area contributed by atoms with Gasteiger partial charge in [-0.1, -0.05) is 30.3 Å². The standard InChI is InChI=1S/C20H21N3O5/c1-20(2,3)28-19(26)22-17-15(18(24)25)21-16-14(10-7-11-23(16)17)27-12-13-8-5-4-6-9-13/h4-11H,12H2,1-3H3,(H,22,26)(H,24,25). The highest BCUT2D eigenvalue weighted by Crippen LogP contribution is 2.26. The molecule has 0 aliphatic carbocycles. The van der Waals surface area contributed by atoms with Gasteiger partial charge in [0.1, 0.15) is 12.2 Å². The number of rotatable bonds is 5. The zero-order valence-electron chi connectivity index (χ0n) is 15.8. The number of carboxylic acid groups (broad SMARTS) is 1. The van der Waals surface area contributed by atoms with Crippen LogP contribution in [0.4, 0.5) is 10.6 Å². The van der Waals surface area contributed by atoms with E-state index in [0.717, 1.165) is 5.56 Å². The van der Waals surface area contributed by atoms with Crippen LogP contribution in [0, 0.1) is 0 Å². The van der Waals surface area contributed by atoms with Crippen molar-refractivity contribution in [1.29, 1.82) is 0 Å². The van der Waals surface area contributed by atoms with Crippen molar-refractivity contribution in [2.75, 3.05) is 5.32 Å². The van der Waals surface area contributed by atoms with E-state index in [2.05, 4.69) is 10.3 Å².